The molecule has 0 aromatic heterocycles. The van der Waals surface area contributed by atoms with E-state index < -0.39 is 11.9 Å². The predicted molar refractivity (Wildman–Crippen MR) is 129 cm³/mol. The smallest absolute Gasteiger partial charge is 0.345 e. The lowest BCUT2D eigenvalue weighted by molar-refractivity contribution is -0.139. The van der Waals surface area contributed by atoms with Crippen LogP contribution in [-0.4, -0.2) is 23.6 Å². The molecule has 0 spiro atoms. The van der Waals surface area contributed by atoms with Crippen LogP contribution in [-0.2, 0) is 25.2 Å². The van der Waals surface area contributed by atoms with Gasteiger partial charge >= 0.3 is 5.97 Å². The topological polar surface area (TPSA) is 87.7 Å². The van der Waals surface area contributed by atoms with Gasteiger partial charge in [0.25, 0.3) is 5.91 Å². The van der Waals surface area contributed by atoms with Crippen LogP contribution in [0.5, 0.6) is 5.75 Å². The Morgan fingerprint density at radius 3 is 2.09 bits per heavy atom. The van der Waals surface area contributed by atoms with Crippen molar-refractivity contribution in [1.29, 1.82) is 0 Å². The maximum Gasteiger partial charge on any atom is 0.345 e. The van der Waals surface area contributed by atoms with Gasteiger partial charge in [0.05, 0.1) is 6.61 Å². The zero-order chi connectivity index (χ0) is 24.1. The van der Waals surface area contributed by atoms with Crippen molar-refractivity contribution in [2.75, 3.05) is 17.2 Å². The summed E-state index contributed by atoms with van der Waals surface area (Å²) in [6.45, 7) is 14.0. The Hall–Kier alpha value is -3.28. The maximum atomic E-state index is 13.1. The Bertz CT molecular complexity index is 997. The first kappa shape index (κ1) is 25.0. The number of rotatable bonds is 6. The maximum absolute atomic E-state index is 13.1. The molecule has 0 saturated carbocycles. The third kappa shape index (κ3) is 6.36. The molecule has 0 aliphatic carbocycles. The van der Waals surface area contributed by atoms with E-state index in [9.17, 15) is 14.7 Å². The number of ether oxygens (including phenoxy) is 1. The summed E-state index contributed by atoms with van der Waals surface area (Å²) in [6, 6.07) is 12.7. The van der Waals surface area contributed by atoms with Gasteiger partial charge < -0.3 is 20.5 Å². The Balaban J connectivity index is 2.46. The molecule has 1 amide bonds. The number of esters is 1. The van der Waals surface area contributed by atoms with Crippen molar-refractivity contribution in [3.05, 3.63) is 65.4 Å². The fourth-order valence-electron chi connectivity index (χ4n) is 3.22. The summed E-state index contributed by atoms with van der Waals surface area (Å²) in [5.41, 5.74) is 2.05. The van der Waals surface area contributed by atoms with Gasteiger partial charge in [-0.25, -0.2) is 4.79 Å². The van der Waals surface area contributed by atoms with E-state index in [1.807, 2.05) is 77.9 Å². The Kier molecular flexibility index (Phi) is 7.73. The van der Waals surface area contributed by atoms with Gasteiger partial charge in [0, 0.05) is 23.6 Å². The average molecular weight is 439 g/mol. The van der Waals surface area contributed by atoms with Crippen molar-refractivity contribution < 1.29 is 19.4 Å². The van der Waals surface area contributed by atoms with Gasteiger partial charge in [-0.05, 0) is 47.1 Å². The van der Waals surface area contributed by atoms with Crippen LogP contribution >= 0.6 is 0 Å². The number of amides is 1. The van der Waals surface area contributed by atoms with E-state index >= 15 is 0 Å². The predicted octanol–water partition coefficient (Wildman–Crippen LogP) is 5.48. The molecule has 0 aliphatic heterocycles. The van der Waals surface area contributed by atoms with Crippen molar-refractivity contribution in [2.45, 2.75) is 59.3 Å². The average Bonchev–Trinajstić information content (AvgIpc) is 2.67. The minimum atomic E-state index is -0.735. The minimum Gasteiger partial charge on any atom is -0.508 e. The first-order chi connectivity index (χ1) is 14.8. The van der Waals surface area contributed by atoms with Crippen LogP contribution in [0, 0.1) is 0 Å². The van der Waals surface area contributed by atoms with Gasteiger partial charge in [-0.2, -0.15) is 0 Å². The quantitative estimate of drug-likeness (QED) is 0.240. The van der Waals surface area contributed by atoms with E-state index in [1.54, 1.807) is 13.0 Å². The van der Waals surface area contributed by atoms with Crippen LogP contribution in [0.4, 0.5) is 11.4 Å². The number of carbonyl (C=O) groups excluding carboxylic acids is 2. The van der Waals surface area contributed by atoms with Gasteiger partial charge in [0.1, 0.15) is 11.3 Å². The van der Waals surface area contributed by atoms with Crippen molar-refractivity contribution in [2.24, 2.45) is 0 Å². The largest absolute Gasteiger partial charge is 0.508 e. The number of para-hydroxylation sites is 1. The second-order valence-electron chi connectivity index (χ2n) is 9.66. The lowest BCUT2D eigenvalue weighted by Crippen LogP contribution is -2.26. The highest BCUT2D eigenvalue weighted by atomic mass is 16.5. The molecular weight excluding hydrogens is 404 g/mol. The van der Waals surface area contributed by atoms with Gasteiger partial charge in [0.15, 0.2) is 0 Å². The SMILES string of the molecule is CCOC(=O)/C(=C\Nc1ccccc1)C(=O)Nc1cc(O)c(C(C)(C)C)cc1C(C)(C)C. The summed E-state index contributed by atoms with van der Waals surface area (Å²) >= 11 is 0. The van der Waals surface area contributed by atoms with E-state index in [0.29, 0.717) is 5.69 Å². The molecule has 0 unspecified atom stereocenters. The summed E-state index contributed by atoms with van der Waals surface area (Å²) in [4.78, 5) is 25.6. The van der Waals surface area contributed by atoms with Gasteiger partial charge in [-0.3, -0.25) is 4.79 Å². The van der Waals surface area contributed by atoms with Crippen LogP contribution in [0.25, 0.3) is 0 Å². The molecule has 0 radical (unpaired) electrons. The number of carbonyl (C=O) groups is 2. The third-order valence-corrected chi connectivity index (χ3v) is 4.90. The van der Waals surface area contributed by atoms with E-state index in [-0.39, 0.29) is 28.8 Å². The summed E-state index contributed by atoms with van der Waals surface area (Å²) in [6.07, 6.45) is 1.34. The summed E-state index contributed by atoms with van der Waals surface area (Å²) in [7, 11) is 0. The summed E-state index contributed by atoms with van der Waals surface area (Å²) in [5.74, 6) is -1.27. The first-order valence-electron chi connectivity index (χ1n) is 10.7. The van der Waals surface area contributed by atoms with Crippen LogP contribution in [0.15, 0.2) is 54.2 Å². The Morgan fingerprint density at radius 2 is 1.56 bits per heavy atom. The van der Waals surface area contributed by atoms with Crippen molar-refractivity contribution >= 4 is 23.3 Å². The molecule has 2 aromatic rings. The standard InChI is InChI=1S/C26H34N2O4/c1-8-32-24(31)18(16-27-17-12-10-9-11-13-17)23(30)28-21-15-22(29)20(26(5,6)7)14-19(21)25(2,3)4/h9-16,27,29H,8H2,1-7H3,(H,28,30)/b18-16-. The molecule has 0 saturated heterocycles. The number of phenolic OH excluding ortho intramolecular Hbond substituents is 1. The number of hydrogen-bond acceptors (Lipinski definition) is 5. The molecule has 0 aliphatic rings. The molecule has 3 N–H and O–H groups in total. The third-order valence-electron chi connectivity index (χ3n) is 4.90. The molecule has 2 aromatic carbocycles. The highest BCUT2D eigenvalue weighted by molar-refractivity contribution is 6.21. The second kappa shape index (κ2) is 9.90. The monoisotopic (exact) mass is 438 g/mol. The van der Waals surface area contributed by atoms with Crippen LogP contribution < -0.4 is 10.6 Å². The van der Waals surface area contributed by atoms with Crippen LogP contribution in [0.1, 0.15) is 59.6 Å². The zero-order valence-electron chi connectivity index (χ0n) is 20.0. The molecule has 0 heterocycles. The van der Waals surface area contributed by atoms with Gasteiger partial charge in [0.2, 0.25) is 0 Å². The van der Waals surface area contributed by atoms with E-state index in [2.05, 4.69) is 10.6 Å². The van der Waals surface area contributed by atoms with Crippen molar-refractivity contribution in [1.82, 2.24) is 0 Å². The van der Waals surface area contributed by atoms with E-state index in [4.69, 9.17) is 4.74 Å². The molecule has 2 rings (SSSR count). The summed E-state index contributed by atoms with van der Waals surface area (Å²) < 4.78 is 5.08. The molecule has 0 atom stereocenters. The van der Waals surface area contributed by atoms with Crippen LogP contribution in [0.2, 0.25) is 0 Å². The fraction of sp³-hybridized carbons (Fsp3) is 0.385. The second-order valence-corrected chi connectivity index (χ2v) is 9.66. The molecule has 6 nitrogen and oxygen atoms in total. The van der Waals surface area contributed by atoms with Crippen LogP contribution in [0.3, 0.4) is 0 Å². The molecule has 6 heteroatoms. The number of nitrogens with one attached hydrogen (secondary N) is 2. The zero-order valence-corrected chi connectivity index (χ0v) is 20.0. The highest BCUT2D eigenvalue weighted by Gasteiger charge is 2.28. The van der Waals surface area contributed by atoms with Gasteiger partial charge in [-0.15, -0.1) is 0 Å². The van der Waals surface area contributed by atoms with E-state index in [0.717, 1.165) is 16.8 Å². The molecule has 0 bridgehead atoms. The minimum absolute atomic E-state index is 0.0878. The lowest BCUT2D eigenvalue weighted by Gasteiger charge is -2.28. The normalized spacial score (nSPS) is 12.3. The fourth-order valence-corrected chi connectivity index (χ4v) is 3.22. The molecule has 32 heavy (non-hydrogen) atoms. The lowest BCUT2D eigenvalue weighted by atomic mass is 9.79. The highest BCUT2D eigenvalue weighted by Crippen LogP contribution is 2.39. The Labute approximate surface area is 190 Å². The number of aromatic hydroxyl groups is 1. The first-order valence-corrected chi connectivity index (χ1v) is 10.7. The number of benzene rings is 2. The Morgan fingerprint density at radius 1 is 0.969 bits per heavy atom. The number of hydrogen-bond donors (Lipinski definition) is 3. The van der Waals surface area contributed by atoms with Crippen molar-refractivity contribution in [3.8, 4) is 5.75 Å². The number of anilines is 2. The molecule has 0 fully saturated rings. The summed E-state index contributed by atoms with van der Waals surface area (Å²) in [5, 5.41) is 16.4. The van der Waals surface area contributed by atoms with E-state index in [1.165, 1.54) is 6.20 Å². The number of phenols is 1. The van der Waals surface area contributed by atoms with Gasteiger partial charge in [-0.1, -0.05) is 59.7 Å². The van der Waals surface area contributed by atoms with Crippen molar-refractivity contribution in [3.63, 3.8) is 0 Å². The molecular formula is C26H34N2O4. The molecule has 172 valence electrons.